The van der Waals surface area contributed by atoms with Gasteiger partial charge in [0, 0.05) is 6.04 Å². The fraction of sp³-hybridized carbons (Fsp3) is 0.379. The van der Waals surface area contributed by atoms with Crippen molar-refractivity contribution in [2.24, 2.45) is 0 Å². The summed E-state index contributed by atoms with van der Waals surface area (Å²) in [5, 5.41) is 32.7. The molecule has 1 aliphatic heterocycles. The van der Waals surface area contributed by atoms with E-state index < -0.39 is 11.7 Å². The van der Waals surface area contributed by atoms with Crippen molar-refractivity contribution in [1.82, 2.24) is 4.90 Å². The molecule has 0 saturated carbocycles. The molecule has 0 amide bonds. The molecule has 3 aromatic carbocycles. The lowest BCUT2D eigenvalue weighted by Gasteiger charge is -2.46. The fourth-order valence-corrected chi connectivity index (χ4v) is 5.21. The van der Waals surface area contributed by atoms with E-state index in [1.165, 1.54) is 0 Å². The second-order valence-electron chi connectivity index (χ2n) is 9.25. The number of piperidine rings is 1. The van der Waals surface area contributed by atoms with Gasteiger partial charge in [-0.25, -0.2) is 0 Å². The Morgan fingerprint density at radius 3 is 2.18 bits per heavy atom. The van der Waals surface area contributed by atoms with Crippen LogP contribution in [0.2, 0.25) is 0 Å². The second-order valence-corrected chi connectivity index (χ2v) is 9.25. The third-order valence-electron chi connectivity index (χ3n) is 7.05. The van der Waals surface area contributed by atoms with Crippen LogP contribution in [-0.4, -0.2) is 39.4 Å². The van der Waals surface area contributed by atoms with Gasteiger partial charge in [0.2, 0.25) is 0 Å². The van der Waals surface area contributed by atoms with Gasteiger partial charge in [0.1, 0.15) is 11.4 Å². The molecule has 2 unspecified atom stereocenters. The molecule has 0 aromatic heterocycles. The molecule has 174 valence electrons. The zero-order valence-electron chi connectivity index (χ0n) is 19.4. The molecule has 0 radical (unpaired) electrons. The highest BCUT2D eigenvalue weighted by Crippen LogP contribution is 2.40. The summed E-state index contributed by atoms with van der Waals surface area (Å²) in [6.45, 7) is 3.61. The standard InChI is InChI=1S/C29H35NO3/c1-22-21-23(17-18-26(22)31)27(32)15-10-20-30-19-9-8-16-28(30)29(33,24-11-4-2-5-12-24)25-13-6-3-7-14-25/h2-7,11-14,17-18,21,27-28,31-33H,8-10,15-16,19-20H2,1H3. The second kappa shape index (κ2) is 10.5. The lowest BCUT2D eigenvalue weighted by atomic mass is 9.76. The summed E-state index contributed by atoms with van der Waals surface area (Å²) in [4.78, 5) is 2.41. The van der Waals surface area contributed by atoms with Gasteiger partial charge in [-0.1, -0.05) is 73.2 Å². The molecule has 3 N–H and O–H groups in total. The molecule has 0 spiro atoms. The minimum absolute atomic E-state index is 0.0240. The molecule has 1 aliphatic rings. The molecule has 1 saturated heterocycles. The first-order chi connectivity index (χ1) is 16.0. The Hall–Kier alpha value is -2.66. The maximum absolute atomic E-state index is 12.3. The van der Waals surface area contributed by atoms with Crippen molar-refractivity contribution in [3.63, 3.8) is 0 Å². The van der Waals surface area contributed by atoms with Gasteiger partial charge in [-0.3, -0.25) is 4.90 Å². The van der Waals surface area contributed by atoms with Crippen LogP contribution in [0.25, 0.3) is 0 Å². The van der Waals surface area contributed by atoms with Crippen LogP contribution in [0.4, 0.5) is 0 Å². The number of nitrogens with zero attached hydrogens (tertiary/aromatic N) is 1. The van der Waals surface area contributed by atoms with Crippen molar-refractivity contribution in [3.8, 4) is 5.75 Å². The highest BCUT2D eigenvalue weighted by atomic mass is 16.3. The van der Waals surface area contributed by atoms with Crippen LogP contribution in [0.3, 0.4) is 0 Å². The number of likely N-dealkylation sites (tertiary alicyclic amines) is 1. The molecular weight excluding hydrogens is 410 g/mol. The minimum atomic E-state index is -1.09. The first-order valence-corrected chi connectivity index (χ1v) is 12.0. The quantitative estimate of drug-likeness (QED) is 0.440. The summed E-state index contributed by atoms with van der Waals surface area (Å²) < 4.78 is 0. The van der Waals surface area contributed by atoms with Gasteiger partial charge in [-0.05, 0) is 80.1 Å². The summed E-state index contributed by atoms with van der Waals surface area (Å²) in [6, 6.07) is 25.3. The van der Waals surface area contributed by atoms with E-state index in [0.29, 0.717) is 6.42 Å². The number of aromatic hydroxyl groups is 1. The summed E-state index contributed by atoms with van der Waals surface area (Å²) in [5.74, 6) is 0.253. The number of aryl methyl sites for hydroxylation is 1. The van der Waals surface area contributed by atoms with Crippen LogP contribution < -0.4 is 0 Å². The Bertz CT molecular complexity index is 982. The first kappa shape index (κ1) is 23.5. The monoisotopic (exact) mass is 445 g/mol. The molecule has 0 bridgehead atoms. The van der Waals surface area contributed by atoms with Gasteiger partial charge in [0.05, 0.1) is 6.10 Å². The van der Waals surface area contributed by atoms with Crippen LogP contribution in [0.15, 0.2) is 78.9 Å². The molecule has 4 rings (SSSR count). The SMILES string of the molecule is Cc1cc(C(O)CCCN2CCCCC2C(O)(c2ccccc2)c2ccccc2)ccc1O. The fourth-order valence-electron chi connectivity index (χ4n) is 5.21. The number of phenolic OH excluding ortho intramolecular Hbond substituents is 1. The number of phenols is 1. The Labute approximate surface area is 197 Å². The number of aliphatic hydroxyl groups is 2. The van der Waals surface area contributed by atoms with Crippen LogP contribution in [-0.2, 0) is 5.60 Å². The van der Waals surface area contributed by atoms with Crippen molar-refractivity contribution in [3.05, 3.63) is 101 Å². The molecule has 0 aliphatic carbocycles. The average molecular weight is 446 g/mol. The average Bonchev–Trinajstić information content (AvgIpc) is 2.86. The van der Waals surface area contributed by atoms with Gasteiger partial charge in [-0.15, -0.1) is 0 Å². The Morgan fingerprint density at radius 1 is 0.939 bits per heavy atom. The lowest BCUT2D eigenvalue weighted by molar-refractivity contribution is -0.0394. The predicted molar refractivity (Wildman–Crippen MR) is 132 cm³/mol. The highest BCUT2D eigenvalue weighted by molar-refractivity contribution is 5.38. The smallest absolute Gasteiger partial charge is 0.130 e. The molecule has 3 aromatic rings. The number of benzene rings is 3. The zero-order chi connectivity index (χ0) is 23.3. The van der Waals surface area contributed by atoms with Crippen molar-refractivity contribution < 1.29 is 15.3 Å². The summed E-state index contributed by atoms with van der Waals surface area (Å²) in [6.07, 6.45) is 4.06. The molecule has 4 heteroatoms. The highest BCUT2D eigenvalue weighted by Gasteiger charge is 2.43. The van der Waals surface area contributed by atoms with E-state index in [2.05, 4.69) is 4.90 Å². The van der Waals surface area contributed by atoms with Crippen LogP contribution in [0.1, 0.15) is 60.5 Å². The first-order valence-electron chi connectivity index (χ1n) is 12.0. The molecule has 1 heterocycles. The van der Waals surface area contributed by atoms with Crippen LogP contribution >= 0.6 is 0 Å². The number of hydrogen-bond donors (Lipinski definition) is 3. The normalized spacial score (nSPS) is 18.2. The van der Waals surface area contributed by atoms with E-state index in [4.69, 9.17) is 0 Å². The van der Waals surface area contributed by atoms with Crippen molar-refractivity contribution in [2.75, 3.05) is 13.1 Å². The number of hydrogen-bond acceptors (Lipinski definition) is 4. The van der Waals surface area contributed by atoms with E-state index in [1.54, 1.807) is 12.1 Å². The van der Waals surface area contributed by atoms with Gasteiger partial charge >= 0.3 is 0 Å². The maximum Gasteiger partial charge on any atom is 0.130 e. The van der Waals surface area contributed by atoms with Crippen molar-refractivity contribution in [2.45, 2.75) is 56.8 Å². The molecule has 2 atom stereocenters. The number of rotatable bonds is 8. The number of aliphatic hydroxyl groups excluding tert-OH is 1. The topological polar surface area (TPSA) is 63.9 Å². The summed E-state index contributed by atoms with van der Waals surface area (Å²) >= 11 is 0. The third kappa shape index (κ3) is 5.14. The summed E-state index contributed by atoms with van der Waals surface area (Å²) in [5.41, 5.74) is 2.37. The largest absolute Gasteiger partial charge is 0.508 e. The minimum Gasteiger partial charge on any atom is -0.508 e. The van der Waals surface area contributed by atoms with Crippen molar-refractivity contribution in [1.29, 1.82) is 0 Å². The molecule has 33 heavy (non-hydrogen) atoms. The Morgan fingerprint density at radius 2 is 1.58 bits per heavy atom. The van der Waals surface area contributed by atoms with Crippen LogP contribution in [0.5, 0.6) is 5.75 Å². The Kier molecular flexibility index (Phi) is 7.49. The zero-order valence-corrected chi connectivity index (χ0v) is 19.4. The van der Waals surface area contributed by atoms with E-state index in [-0.39, 0.29) is 11.8 Å². The molecule has 1 fully saturated rings. The predicted octanol–water partition coefficient (Wildman–Crippen LogP) is 5.30. The van der Waals surface area contributed by atoms with Gasteiger partial charge in [0.15, 0.2) is 0 Å². The van der Waals surface area contributed by atoms with Crippen molar-refractivity contribution >= 4 is 0 Å². The van der Waals surface area contributed by atoms with E-state index >= 15 is 0 Å². The van der Waals surface area contributed by atoms with Gasteiger partial charge < -0.3 is 15.3 Å². The van der Waals surface area contributed by atoms with E-state index in [1.807, 2.05) is 73.7 Å². The molecular formula is C29H35NO3. The van der Waals surface area contributed by atoms with Gasteiger partial charge in [0.25, 0.3) is 0 Å². The van der Waals surface area contributed by atoms with Gasteiger partial charge in [-0.2, -0.15) is 0 Å². The maximum atomic E-state index is 12.3. The third-order valence-corrected chi connectivity index (χ3v) is 7.05. The Balaban J connectivity index is 1.52. The summed E-state index contributed by atoms with van der Waals surface area (Å²) in [7, 11) is 0. The molecule has 4 nitrogen and oxygen atoms in total. The van der Waals surface area contributed by atoms with E-state index in [0.717, 1.165) is 61.0 Å². The van der Waals surface area contributed by atoms with E-state index in [9.17, 15) is 15.3 Å². The lowest BCUT2D eigenvalue weighted by Crippen LogP contribution is -2.54. The van der Waals surface area contributed by atoms with Crippen LogP contribution in [0, 0.1) is 6.92 Å².